The molecule has 3 heterocycles. The van der Waals surface area contributed by atoms with E-state index in [2.05, 4.69) is 40.5 Å². The minimum absolute atomic E-state index is 0.537. The summed E-state index contributed by atoms with van der Waals surface area (Å²) in [5, 5.41) is 19.3. The largest absolute Gasteiger partial charge is 0.347 e. The van der Waals surface area contributed by atoms with Gasteiger partial charge in [-0.05, 0) is 23.3 Å². The monoisotopic (exact) mass is 490 g/mol. The van der Waals surface area contributed by atoms with Gasteiger partial charge in [0, 0.05) is 44.4 Å². The number of aromatic amines is 1. The number of methoxy groups -OCH3 is 2. The highest BCUT2D eigenvalue weighted by Gasteiger charge is 2.36. The van der Waals surface area contributed by atoms with Gasteiger partial charge in [0.05, 0.1) is 12.2 Å². The first-order chi connectivity index (χ1) is 17.6. The van der Waals surface area contributed by atoms with Crippen LogP contribution in [-0.2, 0) is 28.2 Å². The number of tetrazole rings is 1. The number of hydrogen-bond acceptors (Lipinski definition) is 8. The summed E-state index contributed by atoms with van der Waals surface area (Å²) in [6.07, 6.45) is 7.64. The fraction of sp³-hybridized carbons (Fsp3) is 0.462. The number of ether oxygens (including phenoxy) is 2. The maximum atomic E-state index is 5.77. The van der Waals surface area contributed by atoms with E-state index in [0.29, 0.717) is 24.6 Å². The summed E-state index contributed by atoms with van der Waals surface area (Å²) in [4.78, 5) is 9.62. The minimum atomic E-state index is -0.944. The second-order valence-electron chi connectivity index (χ2n) is 8.71. The van der Waals surface area contributed by atoms with Gasteiger partial charge in [0.2, 0.25) is 17.4 Å². The van der Waals surface area contributed by atoms with E-state index in [4.69, 9.17) is 24.5 Å². The predicted molar refractivity (Wildman–Crippen MR) is 136 cm³/mol. The van der Waals surface area contributed by atoms with Crippen molar-refractivity contribution < 1.29 is 9.47 Å². The summed E-state index contributed by atoms with van der Waals surface area (Å²) in [7, 11) is 3.29. The Bertz CT molecular complexity index is 1220. The third kappa shape index (κ3) is 5.50. The number of nitrogens with one attached hydrogen (secondary N) is 1. The molecule has 0 unspecified atom stereocenters. The Balaban J connectivity index is 1.61. The number of nitrogens with zero attached hydrogens (tertiary/aromatic N) is 7. The Morgan fingerprint density at radius 3 is 2.42 bits per heavy atom. The number of aromatic nitrogens is 8. The van der Waals surface area contributed by atoms with Crippen LogP contribution in [-0.4, -0.2) is 54.6 Å². The molecule has 0 aliphatic rings. The second-order valence-corrected chi connectivity index (χ2v) is 8.71. The molecular weight excluding hydrogens is 456 g/mol. The lowest BCUT2D eigenvalue weighted by Gasteiger charge is -2.27. The van der Waals surface area contributed by atoms with Crippen LogP contribution >= 0.6 is 0 Å². The van der Waals surface area contributed by atoms with Gasteiger partial charge in [-0.1, -0.05) is 63.4 Å². The average molecular weight is 491 g/mol. The van der Waals surface area contributed by atoms with Crippen molar-refractivity contribution in [3.8, 4) is 22.6 Å². The summed E-state index contributed by atoms with van der Waals surface area (Å²) in [5.41, 5.74) is 3.68. The number of hydrogen-bond donors (Lipinski definition) is 1. The second kappa shape index (κ2) is 12.0. The Kier molecular flexibility index (Phi) is 8.50. The van der Waals surface area contributed by atoms with Crippen molar-refractivity contribution in [3.05, 3.63) is 59.8 Å². The maximum absolute atomic E-state index is 5.77. The molecule has 190 valence electrons. The SMILES string of the molecule is CCCCCc1nc(C(CCC)(OC)OC)nn1Cc1ccc(-c2ccccc2-c2nn[nH]n2)nc1. The molecule has 0 aliphatic heterocycles. The van der Waals surface area contributed by atoms with E-state index in [-0.39, 0.29) is 0 Å². The molecule has 0 fully saturated rings. The number of unbranched alkanes of at least 4 members (excludes halogenated alkanes) is 2. The highest BCUT2D eigenvalue weighted by Crippen LogP contribution is 2.30. The van der Waals surface area contributed by atoms with Crippen molar-refractivity contribution in [2.75, 3.05) is 14.2 Å². The zero-order valence-corrected chi connectivity index (χ0v) is 21.4. The summed E-state index contributed by atoms with van der Waals surface area (Å²) in [6, 6.07) is 12.0. The van der Waals surface area contributed by atoms with Crippen molar-refractivity contribution in [3.63, 3.8) is 0 Å². The number of pyridine rings is 1. The Morgan fingerprint density at radius 2 is 1.78 bits per heavy atom. The van der Waals surface area contributed by atoms with Crippen LogP contribution in [0.25, 0.3) is 22.6 Å². The lowest BCUT2D eigenvalue weighted by atomic mass is 10.0. The van der Waals surface area contributed by atoms with Crippen LogP contribution in [0.2, 0.25) is 0 Å². The molecule has 1 aromatic carbocycles. The van der Waals surface area contributed by atoms with Gasteiger partial charge in [-0.25, -0.2) is 9.67 Å². The molecule has 0 atom stereocenters. The molecule has 4 rings (SSSR count). The maximum Gasteiger partial charge on any atom is 0.231 e. The van der Waals surface area contributed by atoms with E-state index in [9.17, 15) is 0 Å². The van der Waals surface area contributed by atoms with Crippen LogP contribution in [0.3, 0.4) is 0 Å². The molecule has 0 saturated heterocycles. The molecule has 36 heavy (non-hydrogen) atoms. The first-order valence-electron chi connectivity index (χ1n) is 12.5. The van der Waals surface area contributed by atoms with Crippen LogP contribution < -0.4 is 0 Å². The standard InChI is InChI=1S/C26H34N8O2/c1-5-7-8-13-23-28-25(26(35-3,36-4)16-6-2)31-34(23)18-19-14-15-22(27-17-19)20-11-9-10-12-21(20)24-29-32-33-30-24/h9-12,14-15,17H,5-8,13,16,18H2,1-4H3,(H,29,30,32,33). The van der Waals surface area contributed by atoms with Crippen molar-refractivity contribution >= 4 is 0 Å². The Morgan fingerprint density at radius 1 is 0.972 bits per heavy atom. The fourth-order valence-corrected chi connectivity index (χ4v) is 4.32. The molecule has 10 heteroatoms. The minimum Gasteiger partial charge on any atom is -0.347 e. The molecule has 1 N–H and O–H groups in total. The van der Waals surface area contributed by atoms with Gasteiger partial charge in [-0.3, -0.25) is 4.98 Å². The summed E-state index contributed by atoms with van der Waals surface area (Å²) < 4.78 is 13.5. The first kappa shape index (κ1) is 25.6. The molecular formula is C26H34N8O2. The van der Waals surface area contributed by atoms with E-state index in [1.807, 2.05) is 41.2 Å². The highest BCUT2D eigenvalue weighted by atomic mass is 16.7. The average Bonchev–Trinajstić information content (AvgIpc) is 3.59. The van der Waals surface area contributed by atoms with Crippen molar-refractivity contribution in [1.82, 2.24) is 40.4 Å². The molecule has 4 aromatic rings. The van der Waals surface area contributed by atoms with Crippen LogP contribution in [0, 0.1) is 0 Å². The zero-order valence-electron chi connectivity index (χ0n) is 21.4. The summed E-state index contributed by atoms with van der Waals surface area (Å²) in [5.74, 6) is 1.09. The zero-order chi connectivity index (χ0) is 25.4. The van der Waals surface area contributed by atoms with E-state index < -0.39 is 5.79 Å². The highest BCUT2D eigenvalue weighted by molar-refractivity contribution is 5.78. The normalized spacial score (nSPS) is 11.8. The van der Waals surface area contributed by atoms with Gasteiger partial charge >= 0.3 is 0 Å². The molecule has 10 nitrogen and oxygen atoms in total. The molecule has 0 bridgehead atoms. The molecule has 3 aromatic heterocycles. The van der Waals surface area contributed by atoms with E-state index >= 15 is 0 Å². The summed E-state index contributed by atoms with van der Waals surface area (Å²) >= 11 is 0. The van der Waals surface area contributed by atoms with Gasteiger partial charge < -0.3 is 9.47 Å². The number of aryl methyl sites for hydroxylation is 1. The van der Waals surface area contributed by atoms with Crippen LogP contribution in [0.4, 0.5) is 0 Å². The van der Waals surface area contributed by atoms with Crippen LogP contribution in [0.15, 0.2) is 42.6 Å². The van der Waals surface area contributed by atoms with Crippen molar-refractivity contribution in [2.45, 2.75) is 64.7 Å². The van der Waals surface area contributed by atoms with Gasteiger partial charge in [0.25, 0.3) is 0 Å². The third-order valence-corrected chi connectivity index (χ3v) is 6.28. The Hall–Kier alpha value is -3.50. The quantitative estimate of drug-likeness (QED) is 0.214. The molecule has 0 spiro atoms. The third-order valence-electron chi connectivity index (χ3n) is 6.28. The van der Waals surface area contributed by atoms with E-state index in [1.54, 1.807) is 14.2 Å². The number of H-pyrrole nitrogens is 1. The van der Waals surface area contributed by atoms with Gasteiger partial charge in [0.1, 0.15) is 5.82 Å². The molecule has 0 aliphatic carbocycles. The summed E-state index contributed by atoms with van der Waals surface area (Å²) in [6.45, 7) is 4.85. The van der Waals surface area contributed by atoms with Crippen LogP contribution in [0.5, 0.6) is 0 Å². The smallest absolute Gasteiger partial charge is 0.231 e. The van der Waals surface area contributed by atoms with Crippen molar-refractivity contribution in [2.24, 2.45) is 0 Å². The van der Waals surface area contributed by atoms with Gasteiger partial charge in [-0.2, -0.15) is 5.21 Å². The van der Waals surface area contributed by atoms with Crippen LogP contribution in [0.1, 0.15) is 63.2 Å². The number of rotatable bonds is 13. The topological polar surface area (TPSA) is 117 Å². The van der Waals surface area contributed by atoms with E-state index in [0.717, 1.165) is 60.3 Å². The van der Waals surface area contributed by atoms with Gasteiger partial charge in [-0.15, -0.1) is 15.3 Å². The molecule has 0 radical (unpaired) electrons. The fourth-order valence-electron chi connectivity index (χ4n) is 4.32. The molecule has 0 saturated carbocycles. The lowest BCUT2D eigenvalue weighted by molar-refractivity contribution is -0.225. The molecule has 0 amide bonds. The lowest BCUT2D eigenvalue weighted by Crippen LogP contribution is -2.32. The first-order valence-corrected chi connectivity index (χ1v) is 12.5. The Labute approximate surface area is 211 Å². The number of benzene rings is 1. The van der Waals surface area contributed by atoms with E-state index in [1.165, 1.54) is 0 Å². The predicted octanol–water partition coefficient (Wildman–Crippen LogP) is 4.55. The van der Waals surface area contributed by atoms with Gasteiger partial charge in [0.15, 0.2) is 0 Å². The van der Waals surface area contributed by atoms with Crippen molar-refractivity contribution in [1.29, 1.82) is 0 Å².